The molecular weight excluding hydrogens is 344 g/mol. The Hall–Kier alpha value is -1.89. The van der Waals surface area contributed by atoms with Crippen molar-refractivity contribution in [3.8, 4) is 5.75 Å². The number of rotatable bonds is 4. The monoisotopic (exact) mass is 374 g/mol. The molecule has 2 heterocycles. The predicted molar refractivity (Wildman–Crippen MR) is 104 cm³/mol. The normalized spacial score (nSPS) is 24.7. The summed E-state index contributed by atoms with van der Waals surface area (Å²) in [6.45, 7) is 9.58. The van der Waals surface area contributed by atoms with Gasteiger partial charge in [-0.2, -0.15) is 0 Å². The molecule has 0 aliphatic carbocycles. The van der Waals surface area contributed by atoms with E-state index < -0.39 is 5.60 Å². The van der Waals surface area contributed by atoms with Crippen LogP contribution in [0.3, 0.4) is 0 Å². The lowest BCUT2D eigenvalue weighted by atomic mass is 10.0. The molecule has 2 aliphatic heterocycles. The maximum atomic E-state index is 13.1. The second-order valence-electron chi connectivity index (χ2n) is 7.39. The van der Waals surface area contributed by atoms with Gasteiger partial charge in [-0.1, -0.05) is 17.7 Å². The van der Waals surface area contributed by atoms with Gasteiger partial charge in [-0.3, -0.25) is 9.69 Å². The molecule has 6 heteroatoms. The van der Waals surface area contributed by atoms with Crippen molar-refractivity contribution >= 4 is 5.91 Å². The van der Waals surface area contributed by atoms with E-state index in [1.165, 1.54) is 5.57 Å². The van der Waals surface area contributed by atoms with E-state index in [9.17, 15) is 4.79 Å². The molecule has 27 heavy (non-hydrogen) atoms. The molecule has 0 saturated carbocycles. The Bertz CT molecular complexity index is 691. The van der Waals surface area contributed by atoms with Crippen LogP contribution in [0.5, 0.6) is 5.75 Å². The number of methoxy groups -OCH3 is 1. The Morgan fingerprint density at radius 2 is 2.15 bits per heavy atom. The van der Waals surface area contributed by atoms with Crippen LogP contribution in [-0.4, -0.2) is 81.0 Å². The van der Waals surface area contributed by atoms with Crippen LogP contribution in [0.15, 0.2) is 35.9 Å². The van der Waals surface area contributed by atoms with Crippen molar-refractivity contribution in [1.29, 1.82) is 0 Å². The van der Waals surface area contributed by atoms with Gasteiger partial charge in [0.15, 0.2) is 0 Å². The summed E-state index contributed by atoms with van der Waals surface area (Å²) in [5.41, 5.74) is 1.49. The molecule has 1 unspecified atom stereocenters. The van der Waals surface area contributed by atoms with Gasteiger partial charge in [-0.05, 0) is 32.0 Å². The second-order valence-corrected chi connectivity index (χ2v) is 7.39. The number of morpholine rings is 1. The summed E-state index contributed by atoms with van der Waals surface area (Å²) >= 11 is 0. The summed E-state index contributed by atoms with van der Waals surface area (Å²) in [5, 5.41) is 0. The molecule has 1 amide bonds. The first kappa shape index (κ1) is 19.9. The first-order valence-corrected chi connectivity index (χ1v) is 9.54. The van der Waals surface area contributed by atoms with Crippen LogP contribution in [0.1, 0.15) is 24.2 Å². The quantitative estimate of drug-likeness (QED) is 0.757. The summed E-state index contributed by atoms with van der Waals surface area (Å²) in [6.07, 6.45) is 2.14. The maximum absolute atomic E-state index is 13.1. The number of allylic oxidation sites excluding steroid dienone is 1. The molecule has 0 aromatic heterocycles. The lowest BCUT2D eigenvalue weighted by Gasteiger charge is -2.43. The van der Waals surface area contributed by atoms with E-state index in [0.29, 0.717) is 44.2 Å². The van der Waals surface area contributed by atoms with Gasteiger partial charge in [0.1, 0.15) is 11.4 Å². The van der Waals surface area contributed by atoms with E-state index in [4.69, 9.17) is 14.2 Å². The molecule has 148 valence electrons. The lowest BCUT2D eigenvalue weighted by Crippen LogP contribution is -2.59. The van der Waals surface area contributed by atoms with Gasteiger partial charge in [0.25, 0.3) is 5.91 Å². The van der Waals surface area contributed by atoms with Gasteiger partial charge in [0, 0.05) is 31.7 Å². The zero-order valence-electron chi connectivity index (χ0n) is 16.6. The minimum Gasteiger partial charge on any atom is -0.497 e. The topological polar surface area (TPSA) is 51.2 Å². The summed E-state index contributed by atoms with van der Waals surface area (Å²) < 4.78 is 17.3. The van der Waals surface area contributed by atoms with Crippen molar-refractivity contribution in [2.75, 3.05) is 59.7 Å². The van der Waals surface area contributed by atoms with Crippen molar-refractivity contribution in [2.45, 2.75) is 19.4 Å². The van der Waals surface area contributed by atoms with Crippen LogP contribution >= 0.6 is 0 Å². The Morgan fingerprint density at radius 1 is 1.30 bits per heavy atom. The highest BCUT2D eigenvalue weighted by Crippen LogP contribution is 2.25. The van der Waals surface area contributed by atoms with E-state index in [-0.39, 0.29) is 5.91 Å². The number of benzene rings is 1. The van der Waals surface area contributed by atoms with Crippen molar-refractivity contribution in [2.24, 2.45) is 0 Å². The van der Waals surface area contributed by atoms with Crippen molar-refractivity contribution in [1.82, 2.24) is 9.80 Å². The van der Waals surface area contributed by atoms with Crippen LogP contribution in [0.25, 0.3) is 0 Å². The molecule has 3 rings (SSSR count). The largest absolute Gasteiger partial charge is 0.497 e. The van der Waals surface area contributed by atoms with Gasteiger partial charge >= 0.3 is 0 Å². The minimum absolute atomic E-state index is 0.0101. The van der Waals surface area contributed by atoms with Crippen molar-refractivity contribution in [3.63, 3.8) is 0 Å². The standard InChI is InChI=1S/C21H30N2O4/c1-4-17(2)13-22-8-11-27-21(14-22)15-23(9-10-26-16-21)20(24)18-6-5-7-19(12-18)25-3/h4-7,12H,8-11,13-16H2,1-3H3/b17-4+. The molecule has 1 atom stereocenters. The second kappa shape index (κ2) is 8.87. The number of hydrogen-bond acceptors (Lipinski definition) is 5. The van der Waals surface area contributed by atoms with Crippen molar-refractivity contribution < 1.29 is 19.0 Å². The Kier molecular flexibility index (Phi) is 6.52. The number of carbonyl (C=O) groups excluding carboxylic acids is 1. The minimum atomic E-state index is -0.475. The summed E-state index contributed by atoms with van der Waals surface area (Å²) in [6, 6.07) is 7.29. The summed E-state index contributed by atoms with van der Waals surface area (Å²) in [7, 11) is 1.61. The van der Waals surface area contributed by atoms with Crippen molar-refractivity contribution in [3.05, 3.63) is 41.5 Å². The first-order valence-electron chi connectivity index (χ1n) is 9.54. The third-order valence-electron chi connectivity index (χ3n) is 5.25. The highest BCUT2D eigenvalue weighted by Gasteiger charge is 2.41. The first-order chi connectivity index (χ1) is 13.0. The number of carbonyl (C=O) groups is 1. The molecule has 2 fully saturated rings. The van der Waals surface area contributed by atoms with Crippen LogP contribution in [0, 0.1) is 0 Å². The van der Waals surface area contributed by atoms with E-state index in [0.717, 1.165) is 19.6 Å². The molecular formula is C21H30N2O4. The number of amides is 1. The molecule has 0 radical (unpaired) electrons. The fraction of sp³-hybridized carbons (Fsp3) is 0.571. The molecule has 2 saturated heterocycles. The van der Waals surface area contributed by atoms with E-state index in [1.54, 1.807) is 13.2 Å². The molecule has 0 bridgehead atoms. The van der Waals surface area contributed by atoms with Crippen LogP contribution < -0.4 is 4.74 Å². The molecule has 1 aromatic carbocycles. The highest BCUT2D eigenvalue weighted by molar-refractivity contribution is 5.94. The van der Waals surface area contributed by atoms with Gasteiger partial charge < -0.3 is 19.1 Å². The van der Waals surface area contributed by atoms with Gasteiger partial charge in [-0.15, -0.1) is 0 Å². The third kappa shape index (κ3) is 4.89. The van der Waals surface area contributed by atoms with Crippen LogP contribution in [0.4, 0.5) is 0 Å². The summed E-state index contributed by atoms with van der Waals surface area (Å²) in [5.74, 6) is 0.674. The molecule has 1 aromatic rings. The van der Waals surface area contributed by atoms with Crippen LogP contribution in [-0.2, 0) is 9.47 Å². The van der Waals surface area contributed by atoms with Crippen LogP contribution in [0.2, 0.25) is 0 Å². The molecule has 6 nitrogen and oxygen atoms in total. The van der Waals surface area contributed by atoms with Gasteiger partial charge in [-0.25, -0.2) is 0 Å². The lowest BCUT2D eigenvalue weighted by molar-refractivity contribution is -0.137. The average molecular weight is 374 g/mol. The van der Waals surface area contributed by atoms with E-state index >= 15 is 0 Å². The Morgan fingerprint density at radius 3 is 2.93 bits per heavy atom. The zero-order chi connectivity index (χ0) is 19.3. The maximum Gasteiger partial charge on any atom is 0.254 e. The van der Waals surface area contributed by atoms with E-state index in [2.05, 4.69) is 24.8 Å². The Labute approximate surface area is 161 Å². The number of ether oxygens (including phenoxy) is 3. The average Bonchev–Trinajstić information content (AvgIpc) is 2.89. The summed E-state index contributed by atoms with van der Waals surface area (Å²) in [4.78, 5) is 17.3. The molecule has 1 spiro atoms. The highest BCUT2D eigenvalue weighted by atomic mass is 16.5. The smallest absolute Gasteiger partial charge is 0.254 e. The number of nitrogens with zero attached hydrogens (tertiary/aromatic N) is 2. The third-order valence-corrected chi connectivity index (χ3v) is 5.25. The van der Waals surface area contributed by atoms with Gasteiger partial charge in [0.05, 0.1) is 33.5 Å². The number of hydrogen-bond donors (Lipinski definition) is 0. The van der Waals surface area contributed by atoms with Gasteiger partial charge in [0.2, 0.25) is 0 Å². The fourth-order valence-corrected chi connectivity index (χ4v) is 3.70. The Balaban J connectivity index is 1.75. The fourth-order valence-electron chi connectivity index (χ4n) is 3.70. The molecule has 2 aliphatic rings. The zero-order valence-corrected chi connectivity index (χ0v) is 16.6. The van der Waals surface area contributed by atoms with E-state index in [1.807, 2.05) is 23.1 Å². The molecule has 0 N–H and O–H groups in total. The SMILES string of the molecule is C/C=C(\C)CN1CCOC2(COCCN(C(=O)c3cccc(OC)c3)C2)C1. The predicted octanol–water partition coefficient (Wildman–Crippen LogP) is 2.20.